The van der Waals surface area contributed by atoms with Crippen LogP contribution in [0.1, 0.15) is 16.2 Å². The number of nitrogens with zero attached hydrogens (tertiary/aromatic N) is 1. The van der Waals surface area contributed by atoms with Gasteiger partial charge in [0.1, 0.15) is 11.4 Å². The number of aromatic nitrogens is 1. The third kappa shape index (κ3) is 5.08. The van der Waals surface area contributed by atoms with Crippen molar-refractivity contribution in [2.45, 2.75) is 12.4 Å². The van der Waals surface area contributed by atoms with Crippen molar-refractivity contribution in [1.82, 2.24) is 4.98 Å². The van der Waals surface area contributed by atoms with Gasteiger partial charge in [0.2, 0.25) is 0 Å². The van der Waals surface area contributed by atoms with Crippen LogP contribution in [0, 0.1) is 6.92 Å². The number of carbonyl (C=O) groups excluding carboxylic acids is 1. The van der Waals surface area contributed by atoms with E-state index in [9.17, 15) is 18.0 Å². The third-order valence-corrected chi connectivity index (χ3v) is 2.44. The van der Waals surface area contributed by atoms with Gasteiger partial charge in [-0.15, -0.1) is 0 Å². The van der Waals surface area contributed by atoms with Crippen LogP contribution in [-0.4, -0.2) is 29.1 Å². The van der Waals surface area contributed by atoms with Gasteiger partial charge < -0.3 is 4.74 Å². The van der Waals surface area contributed by atoms with E-state index in [2.05, 4.69) is 4.98 Å². The maximum atomic E-state index is 11.8. The zero-order valence-electron chi connectivity index (χ0n) is 8.95. The standard InChI is InChI=1S/C10H10F3NO2S/c1-7-2-3-9(8(6-15)14-7)16-4-5-17-10(11,12)13/h2-3,6H,4-5H2,1H3. The Hall–Kier alpha value is -1.24. The minimum Gasteiger partial charge on any atom is -0.490 e. The lowest BCUT2D eigenvalue weighted by Crippen LogP contribution is -2.08. The molecule has 1 heterocycles. The quantitative estimate of drug-likeness (QED) is 0.606. The van der Waals surface area contributed by atoms with Crippen molar-refractivity contribution >= 4 is 18.0 Å². The number of ether oxygens (including phenoxy) is 1. The fraction of sp³-hybridized carbons (Fsp3) is 0.400. The Morgan fingerprint density at radius 1 is 1.47 bits per heavy atom. The Balaban J connectivity index is 2.49. The molecule has 0 N–H and O–H groups in total. The second-order valence-electron chi connectivity index (χ2n) is 3.10. The third-order valence-electron chi connectivity index (χ3n) is 1.74. The summed E-state index contributed by atoms with van der Waals surface area (Å²) in [6.07, 6.45) is 0.513. The molecule has 0 aliphatic rings. The van der Waals surface area contributed by atoms with Crippen molar-refractivity contribution in [3.8, 4) is 5.75 Å². The fourth-order valence-corrected chi connectivity index (χ4v) is 1.48. The molecule has 17 heavy (non-hydrogen) atoms. The van der Waals surface area contributed by atoms with E-state index in [1.54, 1.807) is 13.0 Å². The highest BCUT2D eigenvalue weighted by molar-refractivity contribution is 8.00. The van der Waals surface area contributed by atoms with Crippen LogP contribution in [0.2, 0.25) is 0 Å². The molecule has 0 aromatic carbocycles. The predicted octanol–water partition coefficient (Wildman–Crippen LogP) is 2.83. The number of hydrogen-bond donors (Lipinski definition) is 0. The number of hydrogen-bond acceptors (Lipinski definition) is 4. The molecule has 3 nitrogen and oxygen atoms in total. The van der Waals surface area contributed by atoms with Gasteiger partial charge in [-0.2, -0.15) is 13.2 Å². The SMILES string of the molecule is Cc1ccc(OCCSC(F)(F)F)c(C=O)n1. The van der Waals surface area contributed by atoms with E-state index < -0.39 is 5.51 Å². The van der Waals surface area contributed by atoms with Crippen molar-refractivity contribution in [2.75, 3.05) is 12.4 Å². The molecular weight excluding hydrogens is 255 g/mol. The molecule has 0 amide bonds. The molecule has 1 rings (SSSR count). The number of aryl methyl sites for hydroxylation is 1. The predicted molar refractivity (Wildman–Crippen MR) is 58.4 cm³/mol. The first-order chi connectivity index (χ1) is 7.92. The van der Waals surface area contributed by atoms with Gasteiger partial charge in [-0.25, -0.2) is 4.98 Å². The second kappa shape index (κ2) is 5.90. The lowest BCUT2D eigenvalue weighted by molar-refractivity contribution is -0.0329. The normalized spacial score (nSPS) is 11.3. The molecule has 0 aliphatic carbocycles. The number of carbonyl (C=O) groups is 1. The maximum Gasteiger partial charge on any atom is 0.441 e. The van der Waals surface area contributed by atoms with Gasteiger partial charge in [-0.1, -0.05) is 0 Å². The summed E-state index contributed by atoms with van der Waals surface area (Å²) in [5.41, 5.74) is -3.52. The molecule has 0 atom stereocenters. The van der Waals surface area contributed by atoms with Crippen LogP contribution >= 0.6 is 11.8 Å². The molecule has 0 saturated heterocycles. The Kier molecular flexibility index (Phi) is 4.80. The van der Waals surface area contributed by atoms with Crippen LogP contribution in [0.5, 0.6) is 5.75 Å². The smallest absolute Gasteiger partial charge is 0.441 e. The monoisotopic (exact) mass is 265 g/mol. The summed E-state index contributed by atoms with van der Waals surface area (Å²) < 4.78 is 40.5. The number of aldehydes is 1. The van der Waals surface area contributed by atoms with Crippen LogP contribution < -0.4 is 4.74 Å². The van der Waals surface area contributed by atoms with Crippen LogP contribution in [-0.2, 0) is 0 Å². The zero-order valence-corrected chi connectivity index (χ0v) is 9.77. The van der Waals surface area contributed by atoms with E-state index in [0.29, 0.717) is 12.0 Å². The summed E-state index contributed by atoms with van der Waals surface area (Å²) in [6, 6.07) is 3.14. The van der Waals surface area contributed by atoms with E-state index in [0.717, 1.165) is 0 Å². The molecule has 0 spiro atoms. The first-order valence-electron chi connectivity index (χ1n) is 4.68. The molecule has 0 saturated carbocycles. The first kappa shape index (κ1) is 13.8. The van der Waals surface area contributed by atoms with Gasteiger partial charge in [-0.05, 0) is 30.8 Å². The molecular formula is C10H10F3NO2S. The highest BCUT2D eigenvalue weighted by atomic mass is 32.2. The highest BCUT2D eigenvalue weighted by Gasteiger charge is 2.27. The van der Waals surface area contributed by atoms with Gasteiger partial charge in [0.05, 0.1) is 6.61 Å². The van der Waals surface area contributed by atoms with Crippen LogP contribution in [0.25, 0.3) is 0 Å². The average molecular weight is 265 g/mol. The second-order valence-corrected chi connectivity index (χ2v) is 4.26. The Labute approximate surface area is 100 Å². The molecule has 0 aliphatic heterocycles. The van der Waals surface area contributed by atoms with E-state index in [4.69, 9.17) is 4.74 Å². The molecule has 1 aromatic heterocycles. The number of alkyl halides is 3. The zero-order chi connectivity index (χ0) is 12.9. The maximum absolute atomic E-state index is 11.8. The first-order valence-corrected chi connectivity index (χ1v) is 5.67. The Bertz CT molecular complexity index is 396. The van der Waals surface area contributed by atoms with Crippen LogP contribution in [0.3, 0.4) is 0 Å². The molecule has 0 unspecified atom stereocenters. The molecule has 0 bridgehead atoms. The molecule has 0 fully saturated rings. The van der Waals surface area contributed by atoms with Crippen molar-refractivity contribution < 1.29 is 22.7 Å². The largest absolute Gasteiger partial charge is 0.490 e. The number of rotatable bonds is 5. The van der Waals surface area contributed by atoms with E-state index in [1.165, 1.54) is 6.07 Å². The Morgan fingerprint density at radius 2 is 2.18 bits per heavy atom. The number of thioether (sulfide) groups is 1. The van der Waals surface area contributed by atoms with Crippen molar-refractivity contribution in [1.29, 1.82) is 0 Å². The minimum atomic E-state index is -4.26. The summed E-state index contributed by atoms with van der Waals surface area (Å²) in [6.45, 7) is 1.58. The van der Waals surface area contributed by atoms with Crippen molar-refractivity contribution in [3.63, 3.8) is 0 Å². The number of pyridine rings is 1. The van der Waals surface area contributed by atoms with Gasteiger partial charge >= 0.3 is 5.51 Å². The van der Waals surface area contributed by atoms with Crippen LogP contribution in [0.4, 0.5) is 13.2 Å². The minimum absolute atomic E-state index is 0.0991. The molecule has 7 heteroatoms. The average Bonchev–Trinajstić information content (AvgIpc) is 2.24. The molecule has 1 aromatic rings. The van der Waals surface area contributed by atoms with Gasteiger partial charge in [0.15, 0.2) is 6.29 Å². The van der Waals surface area contributed by atoms with Gasteiger partial charge in [-0.3, -0.25) is 4.79 Å². The van der Waals surface area contributed by atoms with Crippen molar-refractivity contribution in [3.05, 3.63) is 23.5 Å². The van der Waals surface area contributed by atoms with E-state index in [1.807, 2.05) is 0 Å². The fourth-order valence-electron chi connectivity index (χ4n) is 1.08. The molecule has 94 valence electrons. The summed E-state index contributed by atoms with van der Waals surface area (Å²) in [7, 11) is 0. The van der Waals surface area contributed by atoms with Crippen molar-refractivity contribution in [2.24, 2.45) is 0 Å². The highest BCUT2D eigenvalue weighted by Crippen LogP contribution is 2.29. The number of halogens is 3. The summed E-state index contributed by atoms with van der Waals surface area (Å²) in [5.74, 6) is -0.0243. The van der Waals surface area contributed by atoms with Gasteiger partial charge in [0, 0.05) is 11.4 Å². The lowest BCUT2D eigenvalue weighted by Gasteiger charge is -2.09. The van der Waals surface area contributed by atoms with Gasteiger partial charge in [0.25, 0.3) is 0 Å². The molecule has 0 radical (unpaired) electrons. The van der Waals surface area contributed by atoms with E-state index >= 15 is 0 Å². The van der Waals surface area contributed by atoms with Crippen LogP contribution in [0.15, 0.2) is 12.1 Å². The summed E-state index contributed by atoms with van der Waals surface area (Å²) in [4.78, 5) is 14.5. The lowest BCUT2D eigenvalue weighted by atomic mass is 10.3. The topological polar surface area (TPSA) is 39.2 Å². The Morgan fingerprint density at radius 3 is 2.76 bits per heavy atom. The summed E-state index contributed by atoms with van der Waals surface area (Å²) >= 11 is -0.164. The van der Waals surface area contributed by atoms with E-state index in [-0.39, 0.29) is 35.6 Å². The summed E-state index contributed by atoms with van der Waals surface area (Å²) in [5, 5.41) is 0.